The number of carbonyl (C=O) groups is 2. The summed E-state index contributed by atoms with van der Waals surface area (Å²) in [6.45, 7) is 0. The third-order valence-corrected chi connectivity index (χ3v) is 8.86. The maximum atomic E-state index is 12.8. The Hall–Kier alpha value is -2.07. The third-order valence-electron chi connectivity index (χ3n) is 5.14. The van der Waals surface area contributed by atoms with E-state index in [1.165, 1.54) is 0 Å². The Kier molecular flexibility index (Phi) is 7.86. The molecule has 0 amide bonds. The van der Waals surface area contributed by atoms with Crippen molar-refractivity contribution in [2.75, 3.05) is 0 Å². The van der Waals surface area contributed by atoms with Crippen LogP contribution in [0.15, 0.2) is 66.7 Å². The summed E-state index contributed by atoms with van der Waals surface area (Å²) >= 11 is 23.6. The maximum absolute atomic E-state index is 12.8. The molecule has 1 aromatic heterocycles. The zero-order valence-corrected chi connectivity index (χ0v) is 22.2. The molecule has 0 aliphatic rings. The number of pyridine rings is 1. The summed E-state index contributed by atoms with van der Waals surface area (Å²) in [5.74, 6) is -1.03. The molecular formula is C25H15AsCl4NO3. The third kappa shape index (κ3) is 5.43. The van der Waals surface area contributed by atoms with Crippen LogP contribution in [0.1, 0.15) is 15.9 Å². The molecule has 0 spiro atoms. The fourth-order valence-corrected chi connectivity index (χ4v) is 7.19. The van der Waals surface area contributed by atoms with Gasteiger partial charge in [-0.2, -0.15) is 0 Å². The van der Waals surface area contributed by atoms with Gasteiger partial charge in [0, 0.05) is 0 Å². The first-order valence-corrected chi connectivity index (χ1v) is 13.5. The van der Waals surface area contributed by atoms with Crippen LogP contribution in [0.25, 0.3) is 22.2 Å². The summed E-state index contributed by atoms with van der Waals surface area (Å²) in [7, 11) is 0. The zero-order valence-electron chi connectivity index (χ0n) is 17.3. The van der Waals surface area contributed by atoms with E-state index in [4.69, 9.17) is 46.4 Å². The van der Waals surface area contributed by atoms with Crippen LogP contribution in [-0.2, 0) is 11.2 Å². The van der Waals surface area contributed by atoms with Crippen molar-refractivity contribution in [3.63, 3.8) is 0 Å². The van der Waals surface area contributed by atoms with E-state index >= 15 is 0 Å². The van der Waals surface area contributed by atoms with Crippen LogP contribution in [0.4, 0.5) is 0 Å². The summed E-state index contributed by atoms with van der Waals surface area (Å²) in [6.07, 6.45) is 0.206. The van der Waals surface area contributed by atoms with E-state index in [2.05, 4.69) is 4.98 Å². The Bertz CT molecular complexity index is 1390. The minimum absolute atomic E-state index is 0.186. The quantitative estimate of drug-likeness (QED) is 0.226. The Morgan fingerprint density at radius 2 is 1.47 bits per heavy atom. The zero-order chi connectivity index (χ0) is 24.4. The molecule has 0 unspecified atom stereocenters. The number of rotatable bonds is 7. The van der Waals surface area contributed by atoms with Gasteiger partial charge in [0.15, 0.2) is 0 Å². The van der Waals surface area contributed by atoms with Crippen LogP contribution < -0.4 is 0 Å². The number of hydrogen-bond donors (Lipinski definition) is 1. The number of fused-ring (bicyclic) bond motifs is 1. The summed E-state index contributed by atoms with van der Waals surface area (Å²) < 4.78 is -1.16. The molecule has 1 radical (unpaired) electrons. The number of carboxylic acid groups (broad SMARTS) is 1. The second kappa shape index (κ2) is 10.7. The first-order valence-electron chi connectivity index (χ1n) is 10.0. The molecule has 0 saturated carbocycles. The van der Waals surface area contributed by atoms with Gasteiger partial charge < -0.3 is 0 Å². The van der Waals surface area contributed by atoms with Crippen molar-refractivity contribution < 1.29 is 14.7 Å². The first kappa shape index (κ1) is 25.0. The van der Waals surface area contributed by atoms with Crippen LogP contribution in [0.2, 0.25) is 24.8 Å². The number of halogens is 4. The molecule has 1 N–H and O–H groups in total. The molecule has 0 bridgehead atoms. The van der Waals surface area contributed by atoms with Crippen molar-refractivity contribution in [2.45, 2.75) is 11.1 Å². The molecule has 34 heavy (non-hydrogen) atoms. The normalized spacial score (nSPS) is 12.4. The molecule has 1 heterocycles. The predicted octanol–water partition coefficient (Wildman–Crippen LogP) is 7.48. The number of nitrogens with zero attached hydrogens (tertiary/aromatic N) is 1. The molecule has 4 nitrogen and oxygen atoms in total. The van der Waals surface area contributed by atoms with Gasteiger partial charge in [-0.3, -0.25) is 0 Å². The average Bonchev–Trinajstić information content (AvgIpc) is 2.78. The van der Waals surface area contributed by atoms with Gasteiger partial charge in [-0.15, -0.1) is 0 Å². The molecule has 3 aromatic carbocycles. The van der Waals surface area contributed by atoms with Gasteiger partial charge in [0.1, 0.15) is 0 Å². The van der Waals surface area contributed by atoms with Gasteiger partial charge in [0.05, 0.1) is 0 Å². The molecule has 171 valence electrons. The van der Waals surface area contributed by atoms with Gasteiger partial charge in [-0.05, 0) is 0 Å². The van der Waals surface area contributed by atoms with Gasteiger partial charge in [-0.25, -0.2) is 0 Å². The number of aliphatic carboxylic acids is 1. The number of carboxylic acids is 1. The van der Waals surface area contributed by atoms with Crippen LogP contribution in [0, 0.1) is 0 Å². The van der Waals surface area contributed by atoms with Crippen molar-refractivity contribution in [3.05, 3.63) is 97.9 Å². The molecule has 9 heteroatoms. The molecule has 0 saturated heterocycles. The molecule has 1 atom stereocenters. The van der Waals surface area contributed by atoms with Crippen LogP contribution in [-0.4, -0.2) is 36.4 Å². The van der Waals surface area contributed by atoms with Crippen molar-refractivity contribution in [2.24, 2.45) is 0 Å². The number of carbonyl (C=O) groups excluding carboxylic acids is 1. The molecule has 0 fully saturated rings. The predicted molar refractivity (Wildman–Crippen MR) is 139 cm³/mol. The monoisotopic (exact) mass is 592 g/mol. The fraction of sp³-hybridized carbons (Fsp3) is 0.0800. The van der Waals surface area contributed by atoms with Gasteiger partial charge in [0.25, 0.3) is 0 Å². The van der Waals surface area contributed by atoms with Gasteiger partial charge >= 0.3 is 224 Å². The first-order chi connectivity index (χ1) is 16.2. The van der Waals surface area contributed by atoms with E-state index in [1.807, 2.05) is 30.3 Å². The Morgan fingerprint density at radius 3 is 2.09 bits per heavy atom. The second-order valence-electron chi connectivity index (χ2n) is 7.41. The van der Waals surface area contributed by atoms with Crippen LogP contribution in [0.5, 0.6) is 0 Å². The molecule has 0 aliphatic heterocycles. The molecule has 4 aromatic rings. The topological polar surface area (TPSA) is 67.3 Å². The van der Waals surface area contributed by atoms with E-state index in [9.17, 15) is 14.7 Å². The molecule has 4 rings (SSSR count). The van der Waals surface area contributed by atoms with Gasteiger partial charge in [0.2, 0.25) is 0 Å². The minimum atomic E-state index is -1.25. The van der Waals surface area contributed by atoms with E-state index < -0.39 is 26.4 Å². The summed E-state index contributed by atoms with van der Waals surface area (Å²) in [6, 6.07) is 19.3. The summed E-state index contributed by atoms with van der Waals surface area (Å²) in [5.41, 5.74) is 3.00. The number of aromatic nitrogens is 1. The standard InChI is InChI=1S/C25H15AsCl4NO3/c27-16-3-1-4-17(28)22(16)21-10-8-14-11-13(7-9-20(14)31-21)12-15(25(33)34)26-24(32)23-18(29)5-2-6-19(23)30/h1-11,15H,12H2,(H,33,34)/t15-/m1/s1. The Morgan fingerprint density at radius 1 is 0.853 bits per heavy atom. The SMILES string of the molecule is O=C([As][C@H](Cc1ccc2nc(-c3c(Cl)cccc3Cl)ccc2c1)C(=O)O)c1c(Cl)cccc1Cl. The van der Waals surface area contributed by atoms with Gasteiger partial charge in [-0.1, -0.05) is 0 Å². The Labute approximate surface area is 222 Å². The second-order valence-corrected chi connectivity index (χ2v) is 11.7. The van der Waals surface area contributed by atoms with Crippen molar-refractivity contribution in [1.29, 1.82) is 0 Å². The van der Waals surface area contributed by atoms with E-state index in [0.717, 1.165) is 16.5 Å². The number of hydrogen-bond acceptors (Lipinski definition) is 3. The fourth-order valence-electron chi connectivity index (χ4n) is 3.50. The molecule has 0 aliphatic carbocycles. The van der Waals surface area contributed by atoms with E-state index in [-0.39, 0.29) is 26.6 Å². The van der Waals surface area contributed by atoms with Crippen LogP contribution in [0.3, 0.4) is 0 Å². The Balaban J connectivity index is 1.59. The van der Waals surface area contributed by atoms with Crippen LogP contribution >= 0.6 is 46.4 Å². The number of benzene rings is 3. The molecular weight excluding hydrogens is 579 g/mol. The summed E-state index contributed by atoms with van der Waals surface area (Å²) in [4.78, 5) is 29.4. The summed E-state index contributed by atoms with van der Waals surface area (Å²) in [5, 5.41) is 12.1. The average molecular weight is 594 g/mol. The van der Waals surface area contributed by atoms with E-state index in [1.54, 1.807) is 36.4 Å². The van der Waals surface area contributed by atoms with E-state index in [0.29, 0.717) is 21.3 Å². The van der Waals surface area contributed by atoms with Crippen molar-refractivity contribution in [3.8, 4) is 11.3 Å². The van der Waals surface area contributed by atoms with Crippen molar-refractivity contribution in [1.82, 2.24) is 4.98 Å². The van der Waals surface area contributed by atoms with Crippen molar-refractivity contribution >= 4 is 83.6 Å².